The average Bonchev–Trinajstić information content (AvgIpc) is 2.62. The van der Waals surface area contributed by atoms with Crippen molar-refractivity contribution in [3.05, 3.63) is 52.8 Å². The summed E-state index contributed by atoms with van der Waals surface area (Å²) in [7, 11) is 0. The van der Waals surface area contributed by atoms with Crippen molar-refractivity contribution >= 4 is 23.5 Å². The topological polar surface area (TPSA) is 66.9 Å². The normalized spacial score (nSPS) is 15.0. The minimum absolute atomic E-state index is 0.134. The predicted molar refractivity (Wildman–Crippen MR) is 95.1 cm³/mol. The molecule has 24 heavy (non-hydrogen) atoms. The van der Waals surface area contributed by atoms with Crippen molar-refractivity contribution in [3.63, 3.8) is 0 Å². The summed E-state index contributed by atoms with van der Waals surface area (Å²) < 4.78 is 0. The van der Waals surface area contributed by atoms with Crippen LogP contribution in [0.4, 0.5) is 5.95 Å². The molecule has 1 amide bonds. The molecule has 0 saturated heterocycles. The number of halogens is 1. The van der Waals surface area contributed by atoms with Crippen LogP contribution in [-0.2, 0) is 6.54 Å². The first-order chi connectivity index (χ1) is 11.7. The van der Waals surface area contributed by atoms with Gasteiger partial charge in [0.15, 0.2) is 0 Å². The molecule has 5 nitrogen and oxygen atoms in total. The number of nitrogens with zero attached hydrogens (tertiary/aromatic N) is 2. The van der Waals surface area contributed by atoms with Crippen molar-refractivity contribution < 1.29 is 4.79 Å². The number of hydrogen-bond donors (Lipinski definition) is 2. The molecule has 0 unspecified atom stereocenters. The molecule has 0 aliphatic heterocycles. The van der Waals surface area contributed by atoms with E-state index in [9.17, 15) is 4.79 Å². The molecule has 1 aromatic carbocycles. The SMILES string of the molecule is O=C(NC1CCCCC1)c1ccnc(NCc2ccccc2Cl)n1. The summed E-state index contributed by atoms with van der Waals surface area (Å²) in [6, 6.07) is 9.50. The largest absolute Gasteiger partial charge is 0.350 e. The third kappa shape index (κ3) is 4.45. The van der Waals surface area contributed by atoms with Gasteiger partial charge in [-0.1, -0.05) is 49.1 Å². The van der Waals surface area contributed by atoms with E-state index in [1.165, 1.54) is 19.3 Å². The highest BCUT2D eigenvalue weighted by Crippen LogP contribution is 2.18. The maximum absolute atomic E-state index is 12.3. The minimum atomic E-state index is -0.134. The Morgan fingerprint density at radius 1 is 1.17 bits per heavy atom. The number of hydrogen-bond acceptors (Lipinski definition) is 4. The van der Waals surface area contributed by atoms with E-state index in [2.05, 4.69) is 20.6 Å². The molecule has 1 saturated carbocycles. The van der Waals surface area contributed by atoms with Gasteiger partial charge in [0.2, 0.25) is 5.95 Å². The zero-order valence-electron chi connectivity index (χ0n) is 13.5. The lowest BCUT2D eigenvalue weighted by atomic mass is 9.95. The summed E-state index contributed by atoms with van der Waals surface area (Å²) in [6.07, 6.45) is 7.31. The molecule has 1 aliphatic carbocycles. The lowest BCUT2D eigenvalue weighted by molar-refractivity contribution is 0.0922. The van der Waals surface area contributed by atoms with Crippen LogP contribution >= 0.6 is 11.6 Å². The number of anilines is 1. The number of benzene rings is 1. The van der Waals surface area contributed by atoms with Gasteiger partial charge < -0.3 is 10.6 Å². The van der Waals surface area contributed by atoms with Crippen LogP contribution in [0, 0.1) is 0 Å². The second kappa shape index (κ2) is 8.11. The first-order valence-corrected chi connectivity index (χ1v) is 8.71. The lowest BCUT2D eigenvalue weighted by Gasteiger charge is -2.22. The summed E-state index contributed by atoms with van der Waals surface area (Å²) >= 11 is 6.14. The molecule has 1 aromatic heterocycles. The van der Waals surface area contributed by atoms with Crippen molar-refractivity contribution in [2.24, 2.45) is 0 Å². The van der Waals surface area contributed by atoms with E-state index in [1.807, 2.05) is 24.3 Å². The van der Waals surface area contributed by atoms with E-state index in [-0.39, 0.29) is 11.9 Å². The standard InChI is InChI=1S/C18H21ClN4O/c19-15-9-5-4-6-13(15)12-21-18-20-11-10-16(23-18)17(24)22-14-7-2-1-3-8-14/h4-6,9-11,14H,1-3,7-8,12H2,(H,22,24)(H,20,21,23). The summed E-state index contributed by atoms with van der Waals surface area (Å²) in [5.74, 6) is 0.288. The second-order valence-electron chi connectivity index (χ2n) is 6.02. The third-order valence-corrected chi connectivity index (χ3v) is 4.59. The molecule has 3 rings (SSSR count). The van der Waals surface area contributed by atoms with Gasteiger partial charge in [-0.3, -0.25) is 4.79 Å². The van der Waals surface area contributed by atoms with Gasteiger partial charge in [0.25, 0.3) is 5.91 Å². The van der Waals surface area contributed by atoms with Crippen LogP contribution in [-0.4, -0.2) is 21.9 Å². The summed E-state index contributed by atoms with van der Waals surface area (Å²) in [5.41, 5.74) is 1.34. The summed E-state index contributed by atoms with van der Waals surface area (Å²) in [4.78, 5) is 20.8. The average molecular weight is 345 g/mol. The number of rotatable bonds is 5. The van der Waals surface area contributed by atoms with Crippen LogP contribution in [0.2, 0.25) is 5.02 Å². The van der Waals surface area contributed by atoms with Crippen LogP contribution in [0.3, 0.4) is 0 Å². The van der Waals surface area contributed by atoms with E-state index < -0.39 is 0 Å². The van der Waals surface area contributed by atoms with Crippen molar-refractivity contribution in [1.29, 1.82) is 0 Å². The first-order valence-electron chi connectivity index (χ1n) is 8.33. The summed E-state index contributed by atoms with van der Waals surface area (Å²) in [6.45, 7) is 0.507. The van der Waals surface area contributed by atoms with Crippen molar-refractivity contribution in [2.45, 2.75) is 44.7 Å². The quantitative estimate of drug-likeness (QED) is 0.865. The van der Waals surface area contributed by atoms with Gasteiger partial charge in [-0.25, -0.2) is 9.97 Å². The Bertz CT molecular complexity index is 701. The van der Waals surface area contributed by atoms with Gasteiger partial charge in [0.1, 0.15) is 5.69 Å². The highest BCUT2D eigenvalue weighted by atomic mass is 35.5. The van der Waals surface area contributed by atoms with Crippen LogP contribution in [0.5, 0.6) is 0 Å². The smallest absolute Gasteiger partial charge is 0.270 e. The molecule has 0 bridgehead atoms. The first kappa shape index (κ1) is 16.7. The van der Waals surface area contributed by atoms with Crippen LogP contribution in [0.1, 0.15) is 48.2 Å². The molecule has 1 aliphatic rings. The fourth-order valence-electron chi connectivity index (χ4n) is 2.89. The van der Waals surface area contributed by atoms with Crippen LogP contribution in [0.25, 0.3) is 0 Å². The lowest BCUT2D eigenvalue weighted by Crippen LogP contribution is -2.36. The van der Waals surface area contributed by atoms with Crippen molar-refractivity contribution in [2.75, 3.05) is 5.32 Å². The van der Waals surface area contributed by atoms with Gasteiger partial charge in [-0.15, -0.1) is 0 Å². The zero-order chi connectivity index (χ0) is 16.8. The van der Waals surface area contributed by atoms with Gasteiger partial charge in [0.05, 0.1) is 0 Å². The van der Waals surface area contributed by atoms with Crippen LogP contribution < -0.4 is 10.6 Å². The maximum atomic E-state index is 12.3. The predicted octanol–water partition coefficient (Wildman–Crippen LogP) is 3.80. The molecule has 2 aromatic rings. The van der Waals surface area contributed by atoms with E-state index in [4.69, 9.17) is 11.6 Å². The molecule has 6 heteroatoms. The number of amides is 1. The van der Waals surface area contributed by atoms with E-state index >= 15 is 0 Å². The Hall–Kier alpha value is -2.14. The Morgan fingerprint density at radius 3 is 2.75 bits per heavy atom. The second-order valence-corrected chi connectivity index (χ2v) is 6.43. The third-order valence-electron chi connectivity index (χ3n) is 4.22. The highest BCUT2D eigenvalue weighted by molar-refractivity contribution is 6.31. The number of carbonyl (C=O) groups excluding carboxylic acids is 1. The summed E-state index contributed by atoms with van der Waals surface area (Å²) in [5, 5.41) is 6.87. The highest BCUT2D eigenvalue weighted by Gasteiger charge is 2.17. The Labute approximate surface area is 146 Å². The van der Waals surface area contributed by atoms with Gasteiger partial charge in [-0.2, -0.15) is 0 Å². The molecule has 0 spiro atoms. The number of aromatic nitrogens is 2. The number of carbonyl (C=O) groups is 1. The molecule has 0 radical (unpaired) electrons. The molecule has 1 fully saturated rings. The van der Waals surface area contributed by atoms with Crippen molar-refractivity contribution in [3.8, 4) is 0 Å². The van der Waals surface area contributed by atoms with Gasteiger partial charge in [-0.05, 0) is 30.5 Å². The van der Waals surface area contributed by atoms with Crippen LogP contribution in [0.15, 0.2) is 36.5 Å². The van der Waals surface area contributed by atoms with E-state index in [1.54, 1.807) is 12.3 Å². The van der Waals surface area contributed by atoms with E-state index in [0.717, 1.165) is 18.4 Å². The molecule has 126 valence electrons. The van der Waals surface area contributed by atoms with E-state index in [0.29, 0.717) is 23.2 Å². The number of nitrogens with one attached hydrogen (secondary N) is 2. The fourth-order valence-corrected chi connectivity index (χ4v) is 3.10. The van der Waals surface area contributed by atoms with Crippen molar-refractivity contribution in [1.82, 2.24) is 15.3 Å². The maximum Gasteiger partial charge on any atom is 0.270 e. The molecule has 2 N–H and O–H groups in total. The van der Waals surface area contributed by atoms with Gasteiger partial charge >= 0.3 is 0 Å². The Morgan fingerprint density at radius 2 is 1.96 bits per heavy atom. The Balaban J connectivity index is 1.61. The zero-order valence-corrected chi connectivity index (χ0v) is 14.2. The van der Waals surface area contributed by atoms with Gasteiger partial charge in [0, 0.05) is 23.8 Å². The molecular weight excluding hydrogens is 324 g/mol. The monoisotopic (exact) mass is 344 g/mol. The molecule has 0 atom stereocenters. The Kier molecular flexibility index (Phi) is 5.64. The molecular formula is C18H21ClN4O. The molecule has 1 heterocycles. The minimum Gasteiger partial charge on any atom is -0.350 e. The fraction of sp³-hybridized carbons (Fsp3) is 0.389.